The number of pyridine rings is 1. The van der Waals surface area contributed by atoms with Crippen molar-refractivity contribution in [1.29, 1.82) is 0 Å². The summed E-state index contributed by atoms with van der Waals surface area (Å²) in [5.74, 6) is 1.44. The molecule has 0 spiro atoms. The first-order valence-electron chi connectivity index (χ1n) is 6.02. The van der Waals surface area contributed by atoms with E-state index in [0.717, 1.165) is 17.9 Å². The van der Waals surface area contributed by atoms with Crippen LogP contribution in [0.3, 0.4) is 0 Å². The van der Waals surface area contributed by atoms with E-state index in [4.69, 9.17) is 4.74 Å². The van der Waals surface area contributed by atoms with E-state index in [1.807, 2.05) is 32.4 Å². The molecule has 0 amide bonds. The van der Waals surface area contributed by atoms with Crippen molar-refractivity contribution in [2.24, 2.45) is 7.05 Å². The molecule has 0 bridgehead atoms. The Morgan fingerprint density at radius 3 is 2.67 bits per heavy atom. The summed E-state index contributed by atoms with van der Waals surface area (Å²) < 4.78 is 7.33. The lowest BCUT2D eigenvalue weighted by Gasteiger charge is -2.13. The first-order chi connectivity index (χ1) is 8.72. The molecule has 0 fully saturated rings. The highest BCUT2D eigenvalue weighted by atomic mass is 16.5. The zero-order chi connectivity index (χ0) is 13.0. The smallest absolute Gasteiger partial charge is 0.165 e. The van der Waals surface area contributed by atoms with E-state index in [0.29, 0.717) is 5.75 Å². The third-order valence-corrected chi connectivity index (χ3v) is 2.79. The van der Waals surface area contributed by atoms with Crippen LogP contribution in [0, 0.1) is 0 Å². The summed E-state index contributed by atoms with van der Waals surface area (Å²) in [5.41, 5.74) is 1.03. The second-order valence-corrected chi connectivity index (χ2v) is 4.12. The molecule has 2 rings (SSSR count). The van der Waals surface area contributed by atoms with E-state index in [1.165, 1.54) is 0 Å². The number of nitrogens with zero attached hydrogens (tertiary/aromatic N) is 3. The molecule has 0 radical (unpaired) electrons. The first-order valence-corrected chi connectivity index (χ1v) is 6.02. The standard InChI is InChI=1S/C13H18N4O/c1-4-12(14-2)13-6-5-10(7-15-13)18-11-8-16-17(3)9-11/h5-9,12,14H,4H2,1-3H3. The third-order valence-electron chi connectivity index (χ3n) is 2.79. The minimum atomic E-state index is 0.289. The average molecular weight is 246 g/mol. The molecule has 0 aliphatic rings. The number of rotatable bonds is 5. The van der Waals surface area contributed by atoms with Crippen LogP contribution in [-0.2, 0) is 7.05 Å². The molecule has 1 atom stereocenters. The SMILES string of the molecule is CCC(NC)c1ccc(Oc2cnn(C)c2)cn1. The fraction of sp³-hybridized carbons (Fsp3) is 0.385. The van der Waals surface area contributed by atoms with Crippen LogP contribution >= 0.6 is 0 Å². The van der Waals surface area contributed by atoms with Gasteiger partial charge in [-0.05, 0) is 25.6 Å². The highest BCUT2D eigenvalue weighted by molar-refractivity contribution is 5.27. The summed E-state index contributed by atoms with van der Waals surface area (Å²) in [5, 5.41) is 7.27. The second kappa shape index (κ2) is 5.64. The maximum absolute atomic E-state index is 5.63. The molecule has 0 aromatic carbocycles. The molecule has 0 saturated carbocycles. The Kier molecular flexibility index (Phi) is 3.94. The Morgan fingerprint density at radius 1 is 1.33 bits per heavy atom. The molecule has 0 saturated heterocycles. The molecule has 5 heteroatoms. The van der Waals surface area contributed by atoms with Crippen LogP contribution in [0.2, 0.25) is 0 Å². The summed E-state index contributed by atoms with van der Waals surface area (Å²) in [6, 6.07) is 4.20. The molecule has 0 aliphatic carbocycles. The minimum absolute atomic E-state index is 0.289. The van der Waals surface area contributed by atoms with Gasteiger partial charge in [0.2, 0.25) is 0 Å². The van der Waals surface area contributed by atoms with Crippen molar-refractivity contribution in [3.05, 3.63) is 36.4 Å². The highest BCUT2D eigenvalue weighted by Gasteiger charge is 2.08. The van der Waals surface area contributed by atoms with Crippen LogP contribution in [0.4, 0.5) is 0 Å². The lowest BCUT2D eigenvalue weighted by molar-refractivity contribution is 0.477. The number of ether oxygens (including phenoxy) is 1. The van der Waals surface area contributed by atoms with Gasteiger partial charge in [-0.1, -0.05) is 6.92 Å². The zero-order valence-electron chi connectivity index (χ0n) is 10.9. The Morgan fingerprint density at radius 2 is 2.17 bits per heavy atom. The first kappa shape index (κ1) is 12.6. The van der Waals surface area contributed by atoms with Crippen molar-refractivity contribution >= 4 is 0 Å². The van der Waals surface area contributed by atoms with E-state index < -0.39 is 0 Å². The van der Waals surface area contributed by atoms with Gasteiger partial charge in [0, 0.05) is 13.1 Å². The van der Waals surface area contributed by atoms with Crippen LogP contribution < -0.4 is 10.1 Å². The van der Waals surface area contributed by atoms with Crippen molar-refractivity contribution < 1.29 is 4.74 Å². The van der Waals surface area contributed by atoms with Crippen molar-refractivity contribution in [1.82, 2.24) is 20.1 Å². The molecule has 1 unspecified atom stereocenters. The molecule has 2 aromatic heterocycles. The highest BCUT2D eigenvalue weighted by Crippen LogP contribution is 2.21. The van der Waals surface area contributed by atoms with E-state index in [2.05, 4.69) is 22.3 Å². The number of aryl methyl sites for hydroxylation is 1. The van der Waals surface area contributed by atoms with Crippen molar-refractivity contribution in [3.8, 4) is 11.5 Å². The van der Waals surface area contributed by atoms with Crippen molar-refractivity contribution in [3.63, 3.8) is 0 Å². The van der Waals surface area contributed by atoms with Crippen molar-refractivity contribution in [2.75, 3.05) is 7.05 Å². The van der Waals surface area contributed by atoms with Gasteiger partial charge >= 0.3 is 0 Å². The molecule has 2 aromatic rings. The fourth-order valence-electron chi connectivity index (χ4n) is 1.81. The summed E-state index contributed by atoms with van der Waals surface area (Å²) in [4.78, 5) is 4.41. The van der Waals surface area contributed by atoms with Crippen molar-refractivity contribution in [2.45, 2.75) is 19.4 Å². The van der Waals surface area contributed by atoms with Crippen LogP contribution in [-0.4, -0.2) is 21.8 Å². The largest absolute Gasteiger partial charge is 0.452 e. The topological polar surface area (TPSA) is 52.0 Å². The summed E-state index contributed by atoms with van der Waals surface area (Å²) >= 11 is 0. The summed E-state index contributed by atoms with van der Waals surface area (Å²) in [7, 11) is 3.79. The van der Waals surface area contributed by atoms with E-state index in [9.17, 15) is 0 Å². The predicted octanol–water partition coefficient (Wildman–Crippen LogP) is 2.28. The number of nitrogens with one attached hydrogen (secondary N) is 1. The zero-order valence-corrected chi connectivity index (χ0v) is 10.9. The van der Waals surface area contributed by atoms with Gasteiger partial charge in [0.1, 0.15) is 5.75 Å². The van der Waals surface area contributed by atoms with Gasteiger partial charge in [0.05, 0.1) is 24.3 Å². The maximum Gasteiger partial charge on any atom is 0.165 e. The van der Waals surface area contributed by atoms with E-state index in [1.54, 1.807) is 17.1 Å². The van der Waals surface area contributed by atoms with Crippen LogP contribution in [0.15, 0.2) is 30.7 Å². The Balaban J connectivity index is 2.07. The number of aromatic nitrogens is 3. The Bertz CT molecular complexity index is 488. The average Bonchev–Trinajstić information content (AvgIpc) is 2.78. The maximum atomic E-state index is 5.63. The molecular formula is C13H18N4O. The molecule has 18 heavy (non-hydrogen) atoms. The van der Waals surface area contributed by atoms with Gasteiger partial charge in [0.25, 0.3) is 0 Å². The lowest BCUT2D eigenvalue weighted by atomic mass is 10.1. The molecular weight excluding hydrogens is 228 g/mol. The van der Waals surface area contributed by atoms with Gasteiger partial charge in [-0.3, -0.25) is 9.67 Å². The summed E-state index contributed by atoms with van der Waals surface area (Å²) in [6.07, 6.45) is 6.24. The van der Waals surface area contributed by atoms with Gasteiger partial charge < -0.3 is 10.1 Å². The molecule has 1 N–H and O–H groups in total. The monoisotopic (exact) mass is 246 g/mol. The van der Waals surface area contributed by atoms with Gasteiger partial charge in [-0.15, -0.1) is 0 Å². The van der Waals surface area contributed by atoms with Gasteiger partial charge in [-0.25, -0.2) is 0 Å². The Labute approximate surface area is 107 Å². The number of hydrogen-bond acceptors (Lipinski definition) is 4. The third kappa shape index (κ3) is 2.87. The van der Waals surface area contributed by atoms with E-state index in [-0.39, 0.29) is 6.04 Å². The van der Waals surface area contributed by atoms with Crippen LogP contribution in [0.5, 0.6) is 11.5 Å². The normalized spacial score (nSPS) is 12.4. The minimum Gasteiger partial charge on any atom is -0.452 e. The van der Waals surface area contributed by atoms with Gasteiger partial charge in [0.15, 0.2) is 5.75 Å². The fourth-order valence-corrected chi connectivity index (χ4v) is 1.81. The molecule has 2 heterocycles. The second-order valence-electron chi connectivity index (χ2n) is 4.12. The number of hydrogen-bond donors (Lipinski definition) is 1. The molecule has 96 valence electrons. The molecule has 0 aliphatic heterocycles. The molecule has 5 nitrogen and oxygen atoms in total. The quantitative estimate of drug-likeness (QED) is 0.879. The van der Waals surface area contributed by atoms with E-state index >= 15 is 0 Å². The Hall–Kier alpha value is -1.88. The summed E-state index contributed by atoms with van der Waals surface area (Å²) in [6.45, 7) is 2.13. The van der Waals surface area contributed by atoms with Crippen LogP contribution in [0.1, 0.15) is 25.1 Å². The lowest BCUT2D eigenvalue weighted by Crippen LogP contribution is -2.16. The predicted molar refractivity (Wildman–Crippen MR) is 69.6 cm³/mol. The van der Waals surface area contributed by atoms with Gasteiger partial charge in [-0.2, -0.15) is 5.10 Å². The van der Waals surface area contributed by atoms with Crippen LogP contribution in [0.25, 0.3) is 0 Å².